The fraction of sp³-hybridized carbons (Fsp3) is 0.0526. The third kappa shape index (κ3) is 2.49. The highest BCUT2D eigenvalue weighted by Crippen LogP contribution is 2.27. The van der Waals surface area contributed by atoms with Crippen LogP contribution in [0.3, 0.4) is 0 Å². The van der Waals surface area contributed by atoms with Crippen LogP contribution in [0, 0.1) is 11.3 Å². The van der Waals surface area contributed by atoms with E-state index in [1.54, 1.807) is 0 Å². The molecule has 1 aromatic heterocycles. The summed E-state index contributed by atoms with van der Waals surface area (Å²) >= 11 is 0. The van der Waals surface area contributed by atoms with Gasteiger partial charge in [-0.15, -0.1) is 0 Å². The SMILES string of the molecule is N#C/C(=C\C1=Cc2ccccc2OC1)c1nc2ccccc2[nH]1. The number of benzene rings is 2. The minimum Gasteiger partial charge on any atom is -0.488 e. The molecule has 1 aliphatic rings. The molecule has 0 aliphatic carbocycles. The Balaban J connectivity index is 1.74. The molecule has 0 atom stereocenters. The number of H-pyrrole nitrogens is 1. The number of fused-ring (bicyclic) bond motifs is 2. The number of nitrogens with one attached hydrogen (secondary N) is 1. The zero-order valence-corrected chi connectivity index (χ0v) is 12.3. The second-order valence-electron chi connectivity index (χ2n) is 5.32. The van der Waals surface area contributed by atoms with Crippen molar-refractivity contribution in [3.8, 4) is 11.8 Å². The molecule has 0 unspecified atom stereocenters. The van der Waals surface area contributed by atoms with Crippen LogP contribution >= 0.6 is 0 Å². The second kappa shape index (κ2) is 5.47. The maximum atomic E-state index is 9.48. The van der Waals surface area contributed by atoms with E-state index in [2.05, 4.69) is 16.0 Å². The van der Waals surface area contributed by atoms with Crippen molar-refractivity contribution in [2.45, 2.75) is 0 Å². The van der Waals surface area contributed by atoms with Crippen LogP contribution in [0.2, 0.25) is 0 Å². The van der Waals surface area contributed by atoms with Crippen LogP contribution in [-0.4, -0.2) is 16.6 Å². The Morgan fingerprint density at radius 3 is 2.87 bits per heavy atom. The van der Waals surface area contributed by atoms with Gasteiger partial charge in [-0.1, -0.05) is 30.3 Å². The average Bonchev–Trinajstić information content (AvgIpc) is 3.03. The molecule has 1 N–H and O–H groups in total. The molecule has 4 rings (SSSR count). The van der Waals surface area contributed by atoms with Crippen molar-refractivity contribution in [1.29, 1.82) is 5.26 Å². The summed E-state index contributed by atoms with van der Waals surface area (Å²) in [4.78, 5) is 7.66. The lowest BCUT2D eigenvalue weighted by molar-refractivity contribution is 0.351. The summed E-state index contributed by atoms with van der Waals surface area (Å²) in [6.07, 6.45) is 3.87. The summed E-state index contributed by atoms with van der Waals surface area (Å²) in [5.41, 5.74) is 4.23. The highest BCUT2D eigenvalue weighted by Gasteiger charge is 2.12. The number of hydrogen-bond donors (Lipinski definition) is 1. The number of para-hydroxylation sites is 3. The summed E-state index contributed by atoms with van der Waals surface area (Å²) in [5.74, 6) is 1.44. The highest BCUT2D eigenvalue weighted by atomic mass is 16.5. The Morgan fingerprint density at radius 1 is 1.17 bits per heavy atom. The maximum Gasteiger partial charge on any atom is 0.149 e. The number of nitrogens with zero attached hydrogens (tertiary/aromatic N) is 2. The first-order valence-electron chi connectivity index (χ1n) is 7.33. The molecular formula is C19H13N3O. The molecule has 4 heteroatoms. The van der Waals surface area contributed by atoms with Crippen LogP contribution in [0.25, 0.3) is 22.7 Å². The summed E-state index contributed by atoms with van der Waals surface area (Å²) in [6, 6.07) is 17.8. The fourth-order valence-electron chi connectivity index (χ4n) is 2.64. The van der Waals surface area contributed by atoms with Crippen molar-refractivity contribution in [3.05, 3.63) is 71.6 Å². The van der Waals surface area contributed by atoms with Crippen molar-refractivity contribution >= 4 is 22.7 Å². The Labute approximate surface area is 133 Å². The number of nitriles is 1. The van der Waals surface area contributed by atoms with Crippen LogP contribution in [0.15, 0.2) is 60.2 Å². The zero-order valence-electron chi connectivity index (χ0n) is 12.3. The van der Waals surface area contributed by atoms with E-state index in [-0.39, 0.29) is 0 Å². The quantitative estimate of drug-likeness (QED) is 0.729. The van der Waals surface area contributed by atoms with E-state index in [0.717, 1.165) is 27.9 Å². The molecule has 2 heterocycles. The third-order valence-electron chi connectivity index (χ3n) is 3.75. The summed E-state index contributed by atoms with van der Waals surface area (Å²) < 4.78 is 5.72. The largest absolute Gasteiger partial charge is 0.488 e. The molecule has 1 aliphatic heterocycles. The molecule has 0 radical (unpaired) electrons. The van der Waals surface area contributed by atoms with Gasteiger partial charge in [0, 0.05) is 5.56 Å². The van der Waals surface area contributed by atoms with Gasteiger partial charge < -0.3 is 9.72 Å². The molecule has 0 spiro atoms. The fourth-order valence-corrected chi connectivity index (χ4v) is 2.64. The molecular weight excluding hydrogens is 286 g/mol. The van der Waals surface area contributed by atoms with Gasteiger partial charge in [0.15, 0.2) is 0 Å². The number of imidazole rings is 1. The predicted octanol–water partition coefficient (Wildman–Crippen LogP) is 3.95. The van der Waals surface area contributed by atoms with Crippen molar-refractivity contribution < 1.29 is 4.74 Å². The average molecular weight is 299 g/mol. The zero-order chi connectivity index (χ0) is 15.6. The van der Waals surface area contributed by atoms with Crippen molar-refractivity contribution in [1.82, 2.24) is 9.97 Å². The maximum absolute atomic E-state index is 9.48. The highest BCUT2D eigenvalue weighted by molar-refractivity contribution is 5.84. The van der Waals surface area contributed by atoms with Gasteiger partial charge in [0.2, 0.25) is 0 Å². The van der Waals surface area contributed by atoms with Crippen molar-refractivity contribution in [2.75, 3.05) is 6.61 Å². The van der Waals surface area contributed by atoms with Crippen molar-refractivity contribution in [3.63, 3.8) is 0 Å². The van der Waals surface area contributed by atoms with Crippen LogP contribution in [-0.2, 0) is 0 Å². The molecule has 0 saturated heterocycles. The van der Waals surface area contributed by atoms with E-state index in [9.17, 15) is 5.26 Å². The summed E-state index contributed by atoms with van der Waals surface area (Å²) in [6.45, 7) is 0.447. The molecule has 0 bridgehead atoms. The smallest absolute Gasteiger partial charge is 0.149 e. The van der Waals surface area contributed by atoms with E-state index in [4.69, 9.17) is 4.74 Å². The molecule has 4 nitrogen and oxygen atoms in total. The monoisotopic (exact) mass is 299 g/mol. The van der Waals surface area contributed by atoms with E-state index in [0.29, 0.717) is 18.0 Å². The Morgan fingerprint density at radius 2 is 2.00 bits per heavy atom. The van der Waals surface area contributed by atoms with E-state index in [1.807, 2.05) is 60.7 Å². The lowest BCUT2D eigenvalue weighted by Crippen LogP contribution is -2.06. The molecule has 23 heavy (non-hydrogen) atoms. The van der Waals surface area contributed by atoms with E-state index in [1.165, 1.54) is 0 Å². The number of aromatic nitrogens is 2. The predicted molar refractivity (Wildman–Crippen MR) is 89.6 cm³/mol. The Kier molecular flexibility index (Phi) is 3.17. The van der Waals surface area contributed by atoms with Crippen LogP contribution in [0.4, 0.5) is 0 Å². The normalized spacial score (nSPS) is 13.9. The topological polar surface area (TPSA) is 61.7 Å². The molecule has 0 saturated carbocycles. The number of rotatable bonds is 2. The number of aromatic amines is 1. The lowest BCUT2D eigenvalue weighted by Gasteiger charge is -2.15. The first-order valence-corrected chi connectivity index (χ1v) is 7.33. The third-order valence-corrected chi connectivity index (χ3v) is 3.75. The number of ether oxygens (including phenoxy) is 1. The number of hydrogen-bond acceptors (Lipinski definition) is 3. The minimum absolute atomic E-state index is 0.447. The minimum atomic E-state index is 0.447. The second-order valence-corrected chi connectivity index (χ2v) is 5.32. The van der Waals surface area contributed by atoms with Gasteiger partial charge >= 0.3 is 0 Å². The Hall–Kier alpha value is -3.32. The van der Waals surface area contributed by atoms with E-state index >= 15 is 0 Å². The van der Waals surface area contributed by atoms with Crippen LogP contribution in [0.1, 0.15) is 11.4 Å². The molecule has 0 amide bonds. The molecule has 2 aromatic carbocycles. The first kappa shape index (κ1) is 13.4. The van der Waals surface area contributed by atoms with Crippen LogP contribution in [0.5, 0.6) is 5.75 Å². The van der Waals surface area contributed by atoms with Gasteiger partial charge in [-0.05, 0) is 35.9 Å². The van der Waals surface area contributed by atoms with Crippen molar-refractivity contribution in [2.24, 2.45) is 0 Å². The van der Waals surface area contributed by atoms with Gasteiger partial charge in [0.25, 0.3) is 0 Å². The summed E-state index contributed by atoms with van der Waals surface area (Å²) in [5, 5.41) is 9.48. The Bertz CT molecular complexity index is 956. The lowest BCUT2D eigenvalue weighted by atomic mass is 10.1. The van der Waals surface area contributed by atoms with Gasteiger partial charge in [-0.3, -0.25) is 0 Å². The molecule has 0 fully saturated rings. The van der Waals surface area contributed by atoms with Crippen LogP contribution < -0.4 is 4.74 Å². The summed E-state index contributed by atoms with van der Waals surface area (Å²) in [7, 11) is 0. The van der Waals surface area contributed by atoms with E-state index < -0.39 is 0 Å². The number of allylic oxidation sites excluding steroid dienone is 1. The van der Waals surface area contributed by atoms with Gasteiger partial charge in [-0.25, -0.2) is 4.98 Å². The first-order chi connectivity index (χ1) is 11.3. The standard InChI is InChI=1S/C19H13N3O/c20-11-15(19-21-16-6-2-3-7-17(16)22-19)10-13-9-14-5-1-4-8-18(14)23-12-13/h1-10H,12H2,(H,21,22)/b15-10+. The van der Waals surface area contributed by atoms with Gasteiger partial charge in [-0.2, -0.15) is 5.26 Å². The van der Waals surface area contributed by atoms with Gasteiger partial charge in [0.1, 0.15) is 24.3 Å². The molecule has 3 aromatic rings. The molecule has 110 valence electrons. The van der Waals surface area contributed by atoms with Gasteiger partial charge in [0.05, 0.1) is 16.6 Å².